The Balaban J connectivity index is 1.99. The number of aryl methyl sites for hydroxylation is 1. The van der Waals surface area contributed by atoms with Gasteiger partial charge in [-0.2, -0.15) is 5.10 Å². The molecule has 1 aliphatic carbocycles. The molecular formula is C10H14N2O. The van der Waals surface area contributed by atoms with Crippen molar-refractivity contribution in [3.8, 4) is 0 Å². The first-order valence-corrected chi connectivity index (χ1v) is 5.00. The van der Waals surface area contributed by atoms with Crippen molar-refractivity contribution in [1.29, 1.82) is 0 Å². The summed E-state index contributed by atoms with van der Waals surface area (Å²) in [5.74, 6) is 0.773. The zero-order valence-corrected chi connectivity index (χ0v) is 7.86. The van der Waals surface area contributed by atoms with Crippen LogP contribution in [-0.4, -0.2) is 16.4 Å². The Kier molecular flexibility index (Phi) is 1.50. The molecule has 0 radical (unpaired) electrons. The molecule has 1 aliphatic heterocycles. The van der Waals surface area contributed by atoms with E-state index in [2.05, 4.69) is 22.8 Å². The van der Waals surface area contributed by atoms with Crippen LogP contribution >= 0.6 is 0 Å². The monoisotopic (exact) mass is 178 g/mol. The second kappa shape index (κ2) is 2.58. The minimum atomic E-state index is 0.343. The van der Waals surface area contributed by atoms with Crippen molar-refractivity contribution in [2.45, 2.75) is 32.4 Å². The summed E-state index contributed by atoms with van der Waals surface area (Å²) in [7, 11) is 0. The molecule has 3 heteroatoms. The molecule has 0 bridgehead atoms. The molecule has 13 heavy (non-hydrogen) atoms. The first-order chi connectivity index (χ1) is 6.34. The predicted molar refractivity (Wildman–Crippen MR) is 48.4 cm³/mol. The van der Waals surface area contributed by atoms with Gasteiger partial charge in [-0.25, -0.2) is 0 Å². The topological polar surface area (TPSA) is 27.1 Å². The average molecular weight is 178 g/mol. The summed E-state index contributed by atoms with van der Waals surface area (Å²) < 4.78 is 7.89. The van der Waals surface area contributed by atoms with Gasteiger partial charge in [0.05, 0.1) is 24.5 Å². The van der Waals surface area contributed by atoms with Crippen molar-refractivity contribution in [3.05, 3.63) is 17.5 Å². The van der Waals surface area contributed by atoms with Gasteiger partial charge in [0.25, 0.3) is 0 Å². The number of hydrogen-bond acceptors (Lipinski definition) is 2. The lowest BCUT2D eigenvalue weighted by atomic mass is 10.1. The first kappa shape index (κ1) is 7.56. The van der Waals surface area contributed by atoms with Crippen LogP contribution in [0, 0.1) is 12.8 Å². The third-order valence-electron chi connectivity index (χ3n) is 2.88. The molecule has 1 fully saturated rings. The normalized spacial score (nSPS) is 27.3. The fourth-order valence-corrected chi connectivity index (χ4v) is 2.10. The second-order valence-electron chi connectivity index (χ2n) is 4.06. The minimum Gasteiger partial charge on any atom is -0.370 e. The minimum absolute atomic E-state index is 0.343. The maximum absolute atomic E-state index is 5.78. The summed E-state index contributed by atoms with van der Waals surface area (Å²) in [4.78, 5) is 0. The van der Waals surface area contributed by atoms with Gasteiger partial charge in [-0.15, -0.1) is 0 Å². The molecule has 1 aromatic heterocycles. The summed E-state index contributed by atoms with van der Waals surface area (Å²) in [6.45, 7) is 3.80. The Morgan fingerprint density at radius 2 is 2.38 bits per heavy atom. The Morgan fingerprint density at radius 3 is 3.15 bits per heavy atom. The molecule has 70 valence electrons. The van der Waals surface area contributed by atoms with Gasteiger partial charge in [0.1, 0.15) is 6.10 Å². The lowest BCUT2D eigenvalue weighted by Crippen LogP contribution is -2.23. The van der Waals surface area contributed by atoms with E-state index in [4.69, 9.17) is 4.74 Å². The molecular weight excluding hydrogens is 164 g/mol. The van der Waals surface area contributed by atoms with Gasteiger partial charge < -0.3 is 4.74 Å². The summed E-state index contributed by atoms with van der Waals surface area (Å²) >= 11 is 0. The van der Waals surface area contributed by atoms with Crippen molar-refractivity contribution < 1.29 is 4.74 Å². The van der Waals surface area contributed by atoms with E-state index in [-0.39, 0.29) is 0 Å². The maximum atomic E-state index is 5.78. The van der Waals surface area contributed by atoms with Gasteiger partial charge in [0.15, 0.2) is 0 Å². The van der Waals surface area contributed by atoms with Crippen LogP contribution in [0.5, 0.6) is 0 Å². The SMILES string of the molecule is Cc1cc2n(n1)CCO[C@@H]2C1CC1. The van der Waals surface area contributed by atoms with E-state index in [1.807, 2.05) is 0 Å². The highest BCUT2D eigenvalue weighted by Crippen LogP contribution is 2.44. The molecule has 0 unspecified atom stereocenters. The molecule has 0 spiro atoms. The highest BCUT2D eigenvalue weighted by atomic mass is 16.5. The van der Waals surface area contributed by atoms with Gasteiger partial charge in [-0.1, -0.05) is 0 Å². The molecule has 0 amide bonds. The van der Waals surface area contributed by atoms with Crippen molar-refractivity contribution >= 4 is 0 Å². The standard InChI is InChI=1S/C10H14N2O/c1-7-6-9-10(8-2-3-8)13-5-4-12(9)11-7/h6,8,10H,2-5H2,1H3/t10-/m1/s1. The summed E-state index contributed by atoms with van der Waals surface area (Å²) in [6.07, 6.45) is 3.00. The van der Waals surface area contributed by atoms with E-state index in [9.17, 15) is 0 Å². The van der Waals surface area contributed by atoms with Crippen molar-refractivity contribution in [1.82, 2.24) is 9.78 Å². The Labute approximate surface area is 77.7 Å². The van der Waals surface area contributed by atoms with Gasteiger partial charge in [0, 0.05) is 0 Å². The van der Waals surface area contributed by atoms with Gasteiger partial charge >= 0.3 is 0 Å². The fourth-order valence-electron chi connectivity index (χ4n) is 2.10. The Morgan fingerprint density at radius 1 is 1.54 bits per heavy atom. The van der Waals surface area contributed by atoms with Crippen LogP contribution in [0.25, 0.3) is 0 Å². The Bertz CT molecular complexity index is 328. The fraction of sp³-hybridized carbons (Fsp3) is 0.700. The van der Waals surface area contributed by atoms with Crippen LogP contribution in [-0.2, 0) is 11.3 Å². The Hall–Kier alpha value is -0.830. The van der Waals surface area contributed by atoms with E-state index in [0.29, 0.717) is 6.10 Å². The van der Waals surface area contributed by atoms with E-state index < -0.39 is 0 Å². The maximum Gasteiger partial charge on any atom is 0.102 e. The van der Waals surface area contributed by atoms with Crippen molar-refractivity contribution in [2.24, 2.45) is 5.92 Å². The van der Waals surface area contributed by atoms with Gasteiger partial charge in [-0.05, 0) is 31.7 Å². The number of aromatic nitrogens is 2. The van der Waals surface area contributed by atoms with Crippen LogP contribution < -0.4 is 0 Å². The zero-order valence-electron chi connectivity index (χ0n) is 7.86. The van der Waals surface area contributed by atoms with Crippen LogP contribution in [0.1, 0.15) is 30.3 Å². The highest BCUT2D eigenvalue weighted by molar-refractivity contribution is 5.15. The largest absolute Gasteiger partial charge is 0.370 e. The van der Waals surface area contributed by atoms with Crippen LogP contribution in [0.2, 0.25) is 0 Å². The number of ether oxygens (including phenoxy) is 1. The predicted octanol–water partition coefficient (Wildman–Crippen LogP) is 1.67. The lowest BCUT2D eigenvalue weighted by Gasteiger charge is -2.23. The average Bonchev–Trinajstić information content (AvgIpc) is 2.86. The van der Waals surface area contributed by atoms with Crippen molar-refractivity contribution in [3.63, 3.8) is 0 Å². The molecule has 3 rings (SSSR count). The summed E-state index contributed by atoms with van der Waals surface area (Å²) in [6, 6.07) is 2.17. The summed E-state index contributed by atoms with van der Waals surface area (Å²) in [5, 5.41) is 4.45. The number of hydrogen-bond donors (Lipinski definition) is 0. The molecule has 0 N–H and O–H groups in total. The second-order valence-corrected chi connectivity index (χ2v) is 4.06. The molecule has 0 saturated heterocycles. The van der Waals surface area contributed by atoms with Gasteiger partial charge in [0.2, 0.25) is 0 Å². The van der Waals surface area contributed by atoms with E-state index >= 15 is 0 Å². The first-order valence-electron chi connectivity index (χ1n) is 5.00. The van der Waals surface area contributed by atoms with Gasteiger partial charge in [-0.3, -0.25) is 4.68 Å². The van der Waals surface area contributed by atoms with E-state index in [1.54, 1.807) is 0 Å². The van der Waals surface area contributed by atoms with Crippen LogP contribution in [0.3, 0.4) is 0 Å². The molecule has 2 heterocycles. The molecule has 0 aromatic carbocycles. The van der Waals surface area contributed by atoms with Crippen LogP contribution in [0.15, 0.2) is 6.07 Å². The smallest absolute Gasteiger partial charge is 0.102 e. The van der Waals surface area contributed by atoms with E-state index in [1.165, 1.54) is 18.5 Å². The van der Waals surface area contributed by atoms with Crippen molar-refractivity contribution in [2.75, 3.05) is 6.61 Å². The zero-order chi connectivity index (χ0) is 8.84. The molecule has 1 aromatic rings. The quantitative estimate of drug-likeness (QED) is 0.654. The number of nitrogens with zero attached hydrogens (tertiary/aromatic N) is 2. The third-order valence-corrected chi connectivity index (χ3v) is 2.88. The summed E-state index contributed by atoms with van der Waals surface area (Å²) in [5.41, 5.74) is 2.41. The molecule has 2 aliphatic rings. The lowest BCUT2D eigenvalue weighted by molar-refractivity contribution is 0.00279. The number of fused-ring (bicyclic) bond motifs is 1. The molecule has 1 saturated carbocycles. The highest BCUT2D eigenvalue weighted by Gasteiger charge is 2.36. The van der Waals surface area contributed by atoms with Crippen LogP contribution in [0.4, 0.5) is 0 Å². The molecule has 1 atom stereocenters. The third kappa shape index (κ3) is 1.18. The molecule has 3 nitrogen and oxygen atoms in total. The number of rotatable bonds is 1. The van der Waals surface area contributed by atoms with E-state index in [0.717, 1.165) is 24.8 Å².